The Morgan fingerprint density at radius 2 is 1.65 bits per heavy atom. The van der Waals surface area contributed by atoms with Crippen LogP contribution in [0.15, 0.2) is 59.7 Å². The van der Waals surface area contributed by atoms with Gasteiger partial charge in [-0.3, -0.25) is 5.43 Å². The summed E-state index contributed by atoms with van der Waals surface area (Å²) < 4.78 is 12.7. The van der Waals surface area contributed by atoms with Crippen molar-refractivity contribution in [1.82, 2.24) is 0 Å². The molecule has 0 saturated heterocycles. The molecule has 2 aromatic rings. The fourth-order valence-corrected chi connectivity index (χ4v) is 1.45. The van der Waals surface area contributed by atoms with Crippen LogP contribution in [0, 0.1) is 5.82 Å². The minimum absolute atomic E-state index is 0.286. The molecule has 2 aromatic carbocycles. The molecule has 1 N–H and O–H groups in total. The number of halogens is 2. The number of hydrogen-bond donors (Lipinski definition) is 1. The smallest absolute Gasteiger partial charge is 0.156 e. The van der Waals surface area contributed by atoms with Gasteiger partial charge in [0.25, 0.3) is 0 Å². The van der Waals surface area contributed by atoms with E-state index in [4.69, 9.17) is 11.6 Å². The zero-order valence-electron chi connectivity index (χ0n) is 8.90. The lowest BCUT2D eigenvalue weighted by Crippen LogP contribution is -1.97. The molecular formula is C13H10ClFN2. The first-order valence-corrected chi connectivity index (χ1v) is 5.44. The van der Waals surface area contributed by atoms with Crippen molar-refractivity contribution in [3.8, 4) is 0 Å². The fraction of sp³-hybridized carbons (Fsp3) is 0. The Morgan fingerprint density at radius 1 is 1.00 bits per heavy atom. The molecule has 0 spiro atoms. The molecule has 4 heteroatoms. The molecule has 2 nitrogen and oxygen atoms in total. The first-order chi connectivity index (χ1) is 8.25. The lowest BCUT2D eigenvalue weighted by Gasteiger charge is -2.01. The van der Waals surface area contributed by atoms with Crippen molar-refractivity contribution in [3.05, 3.63) is 66.0 Å². The molecule has 0 saturated carbocycles. The molecule has 0 atom stereocenters. The molecule has 86 valence electrons. The van der Waals surface area contributed by atoms with Gasteiger partial charge in [-0.1, -0.05) is 29.8 Å². The number of hydrazone groups is 1. The molecule has 0 bridgehead atoms. The Kier molecular flexibility index (Phi) is 3.73. The van der Waals surface area contributed by atoms with E-state index in [9.17, 15) is 4.39 Å². The van der Waals surface area contributed by atoms with E-state index in [1.54, 1.807) is 12.1 Å². The summed E-state index contributed by atoms with van der Waals surface area (Å²) in [5.74, 6) is -0.297. The summed E-state index contributed by atoms with van der Waals surface area (Å²) in [5, 5.41) is 4.29. The first-order valence-electron chi connectivity index (χ1n) is 5.06. The summed E-state index contributed by atoms with van der Waals surface area (Å²) >= 11 is 5.97. The number of anilines is 1. The highest BCUT2D eigenvalue weighted by atomic mass is 35.5. The normalized spacial score (nSPS) is 11.3. The minimum Gasteiger partial charge on any atom is -0.277 e. The highest BCUT2D eigenvalue weighted by Crippen LogP contribution is 2.09. The van der Waals surface area contributed by atoms with Gasteiger partial charge in [0.2, 0.25) is 0 Å². The van der Waals surface area contributed by atoms with Gasteiger partial charge in [-0.05, 0) is 36.4 Å². The molecule has 0 amide bonds. The van der Waals surface area contributed by atoms with Crippen molar-refractivity contribution in [2.75, 3.05) is 5.43 Å². The van der Waals surface area contributed by atoms with E-state index in [1.807, 2.05) is 30.3 Å². The molecule has 17 heavy (non-hydrogen) atoms. The molecule has 0 aliphatic carbocycles. The van der Waals surface area contributed by atoms with Crippen LogP contribution in [-0.2, 0) is 0 Å². The van der Waals surface area contributed by atoms with Gasteiger partial charge in [0.15, 0.2) is 5.17 Å². The van der Waals surface area contributed by atoms with Crippen LogP contribution < -0.4 is 5.43 Å². The van der Waals surface area contributed by atoms with Crippen LogP contribution in [0.4, 0.5) is 10.1 Å². The van der Waals surface area contributed by atoms with Crippen LogP contribution in [0.5, 0.6) is 0 Å². The summed E-state index contributed by atoms with van der Waals surface area (Å²) in [6.45, 7) is 0. The van der Waals surface area contributed by atoms with Crippen molar-refractivity contribution in [3.63, 3.8) is 0 Å². The Labute approximate surface area is 104 Å². The van der Waals surface area contributed by atoms with Crippen LogP contribution in [0.2, 0.25) is 0 Å². The molecule has 0 aromatic heterocycles. The standard InChI is InChI=1S/C13H10ClFN2/c14-13(10-6-8-11(15)9-7-10)17-16-12-4-2-1-3-5-12/h1-9,16H/b17-13+. The molecule has 0 aliphatic heterocycles. The molecule has 0 aliphatic rings. The van der Waals surface area contributed by atoms with E-state index in [1.165, 1.54) is 12.1 Å². The summed E-state index contributed by atoms with van der Waals surface area (Å²) in [7, 11) is 0. The topological polar surface area (TPSA) is 24.4 Å². The molecular weight excluding hydrogens is 239 g/mol. The zero-order chi connectivity index (χ0) is 12.1. The molecule has 0 heterocycles. The summed E-state index contributed by atoms with van der Waals surface area (Å²) in [5.41, 5.74) is 4.32. The van der Waals surface area contributed by atoms with Gasteiger partial charge >= 0.3 is 0 Å². The summed E-state index contributed by atoms with van der Waals surface area (Å²) in [6.07, 6.45) is 0. The highest BCUT2D eigenvalue weighted by molar-refractivity contribution is 6.69. The van der Waals surface area contributed by atoms with Crippen LogP contribution in [0.3, 0.4) is 0 Å². The Balaban J connectivity index is 2.10. The van der Waals surface area contributed by atoms with E-state index in [0.29, 0.717) is 5.56 Å². The molecule has 0 unspecified atom stereocenters. The maximum Gasteiger partial charge on any atom is 0.156 e. The predicted molar refractivity (Wildman–Crippen MR) is 68.9 cm³/mol. The third kappa shape index (κ3) is 3.29. The maximum atomic E-state index is 12.7. The number of para-hydroxylation sites is 1. The summed E-state index contributed by atoms with van der Waals surface area (Å²) in [6, 6.07) is 15.3. The van der Waals surface area contributed by atoms with Gasteiger partial charge in [0.05, 0.1) is 5.69 Å². The molecule has 0 fully saturated rings. The maximum absolute atomic E-state index is 12.7. The van der Waals surface area contributed by atoms with Crippen molar-refractivity contribution in [1.29, 1.82) is 0 Å². The van der Waals surface area contributed by atoms with E-state index in [2.05, 4.69) is 10.5 Å². The number of rotatable bonds is 3. The zero-order valence-corrected chi connectivity index (χ0v) is 9.66. The van der Waals surface area contributed by atoms with E-state index in [-0.39, 0.29) is 11.0 Å². The van der Waals surface area contributed by atoms with Crippen LogP contribution >= 0.6 is 11.6 Å². The quantitative estimate of drug-likeness (QED) is 0.648. The predicted octanol–water partition coefficient (Wildman–Crippen LogP) is 3.84. The lowest BCUT2D eigenvalue weighted by molar-refractivity contribution is 0.628. The number of hydrogen-bond acceptors (Lipinski definition) is 2. The average Bonchev–Trinajstić information content (AvgIpc) is 2.38. The monoisotopic (exact) mass is 248 g/mol. The Morgan fingerprint density at radius 3 is 2.29 bits per heavy atom. The third-order valence-corrected chi connectivity index (χ3v) is 2.44. The van der Waals surface area contributed by atoms with Gasteiger partial charge in [-0.15, -0.1) is 0 Å². The number of nitrogens with one attached hydrogen (secondary N) is 1. The van der Waals surface area contributed by atoms with Crippen molar-refractivity contribution in [2.24, 2.45) is 5.10 Å². The van der Waals surface area contributed by atoms with E-state index < -0.39 is 0 Å². The second kappa shape index (κ2) is 5.46. The van der Waals surface area contributed by atoms with Gasteiger partial charge in [-0.25, -0.2) is 4.39 Å². The van der Waals surface area contributed by atoms with Crippen LogP contribution in [0.1, 0.15) is 5.56 Å². The van der Waals surface area contributed by atoms with E-state index >= 15 is 0 Å². The van der Waals surface area contributed by atoms with Gasteiger partial charge in [-0.2, -0.15) is 5.10 Å². The van der Waals surface area contributed by atoms with Gasteiger partial charge < -0.3 is 0 Å². The van der Waals surface area contributed by atoms with Crippen LogP contribution in [0.25, 0.3) is 0 Å². The first kappa shape index (κ1) is 11.6. The highest BCUT2D eigenvalue weighted by Gasteiger charge is 1.99. The Bertz CT molecular complexity index is 509. The summed E-state index contributed by atoms with van der Waals surface area (Å²) in [4.78, 5) is 0. The Hall–Kier alpha value is -1.87. The van der Waals surface area contributed by atoms with Gasteiger partial charge in [0.1, 0.15) is 5.82 Å². The average molecular weight is 249 g/mol. The van der Waals surface area contributed by atoms with Crippen molar-refractivity contribution >= 4 is 22.5 Å². The molecule has 0 radical (unpaired) electrons. The SMILES string of the molecule is Fc1ccc(/C(Cl)=N\Nc2ccccc2)cc1. The lowest BCUT2D eigenvalue weighted by atomic mass is 10.2. The van der Waals surface area contributed by atoms with Crippen LogP contribution in [-0.4, -0.2) is 5.17 Å². The fourth-order valence-electron chi connectivity index (χ4n) is 1.28. The van der Waals surface area contributed by atoms with E-state index in [0.717, 1.165) is 5.69 Å². The van der Waals surface area contributed by atoms with Gasteiger partial charge in [0, 0.05) is 5.56 Å². The minimum atomic E-state index is -0.297. The second-order valence-corrected chi connectivity index (χ2v) is 3.75. The number of nitrogens with zero attached hydrogens (tertiary/aromatic N) is 1. The van der Waals surface area contributed by atoms with Crippen molar-refractivity contribution < 1.29 is 4.39 Å². The number of benzene rings is 2. The largest absolute Gasteiger partial charge is 0.277 e. The third-order valence-electron chi connectivity index (χ3n) is 2.14. The molecule has 2 rings (SSSR count). The van der Waals surface area contributed by atoms with Crippen molar-refractivity contribution in [2.45, 2.75) is 0 Å². The second-order valence-electron chi connectivity index (χ2n) is 3.39.